The number of ether oxygens (including phenoxy) is 1. The number of carbonyl (C=O) groups is 1. The minimum Gasteiger partial charge on any atom is -0.377 e. The summed E-state index contributed by atoms with van der Waals surface area (Å²) in [4.78, 5) is 23.6. The quantitative estimate of drug-likeness (QED) is 0.827. The van der Waals surface area contributed by atoms with Crippen LogP contribution in [-0.2, 0) is 17.7 Å². The molecule has 7 nitrogen and oxygen atoms in total. The van der Waals surface area contributed by atoms with E-state index in [0.717, 1.165) is 36.5 Å². The summed E-state index contributed by atoms with van der Waals surface area (Å²) in [6.07, 6.45) is 6.85. The van der Waals surface area contributed by atoms with Crippen LogP contribution >= 0.6 is 0 Å². The zero-order valence-corrected chi connectivity index (χ0v) is 15.1. The third-order valence-electron chi connectivity index (χ3n) is 4.69. The maximum absolute atomic E-state index is 13.0. The van der Waals surface area contributed by atoms with Crippen LogP contribution in [0, 0.1) is 13.8 Å². The lowest BCUT2D eigenvalue weighted by Crippen LogP contribution is -2.49. The molecule has 1 atom stereocenters. The first-order chi connectivity index (χ1) is 12.1. The van der Waals surface area contributed by atoms with Gasteiger partial charge in [-0.2, -0.15) is 5.10 Å². The van der Waals surface area contributed by atoms with Gasteiger partial charge in [0.1, 0.15) is 0 Å². The van der Waals surface area contributed by atoms with E-state index < -0.39 is 0 Å². The van der Waals surface area contributed by atoms with E-state index in [2.05, 4.69) is 15.1 Å². The van der Waals surface area contributed by atoms with E-state index in [4.69, 9.17) is 4.74 Å². The highest BCUT2D eigenvalue weighted by Gasteiger charge is 2.29. The first-order valence-electron chi connectivity index (χ1n) is 8.79. The number of rotatable bonds is 5. The average molecular weight is 343 g/mol. The van der Waals surface area contributed by atoms with Gasteiger partial charge in [-0.1, -0.05) is 0 Å². The molecule has 1 fully saturated rings. The molecule has 0 aromatic carbocycles. The van der Waals surface area contributed by atoms with Crippen molar-refractivity contribution in [2.45, 2.75) is 46.2 Å². The molecule has 7 heteroatoms. The number of aromatic nitrogens is 4. The lowest BCUT2D eigenvalue weighted by molar-refractivity contribution is -0.00418. The van der Waals surface area contributed by atoms with Crippen LogP contribution < -0.4 is 0 Å². The Balaban J connectivity index is 1.73. The second kappa shape index (κ2) is 7.74. The normalized spacial score (nSPS) is 17.7. The predicted molar refractivity (Wildman–Crippen MR) is 93.4 cm³/mol. The van der Waals surface area contributed by atoms with E-state index in [1.54, 1.807) is 17.1 Å². The largest absolute Gasteiger partial charge is 0.377 e. The van der Waals surface area contributed by atoms with Crippen molar-refractivity contribution >= 4 is 5.91 Å². The molecule has 0 spiro atoms. The topological polar surface area (TPSA) is 73.1 Å². The van der Waals surface area contributed by atoms with Gasteiger partial charge < -0.3 is 9.64 Å². The number of amides is 1. The monoisotopic (exact) mass is 343 g/mol. The summed E-state index contributed by atoms with van der Waals surface area (Å²) in [5.41, 5.74) is 3.39. The molecule has 3 heterocycles. The molecule has 1 aliphatic rings. The van der Waals surface area contributed by atoms with Crippen molar-refractivity contribution in [1.29, 1.82) is 0 Å². The molecule has 0 bridgehead atoms. The Hall–Kier alpha value is -2.28. The van der Waals surface area contributed by atoms with Crippen molar-refractivity contribution in [3.05, 3.63) is 41.2 Å². The smallest absolute Gasteiger partial charge is 0.257 e. The Kier molecular flexibility index (Phi) is 5.43. The van der Waals surface area contributed by atoms with E-state index in [-0.39, 0.29) is 11.9 Å². The van der Waals surface area contributed by atoms with Gasteiger partial charge in [-0.3, -0.25) is 19.4 Å². The van der Waals surface area contributed by atoms with Crippen molar-refractivity contribution in [3.8, 4) is 0 Å². The van der Waals surface area contributed by atoms with E-state index in [1.807, 2.05) is 31.9 Å². The minimum atomic E-state index is 0.0429. The summed E-state index contributed by atoms with van der Waals surface area (Å²) in [5.74, 6) is 0.0429. The van der Waals surface area contributed by atoms with E-state index in [1.165, 1.54) is 0 Å². The van der Waals surface area contributed by atoms with Crippen LogP contribution in [0.2, 0.25) is 0 Å². The third-order valence-corrected chi connectivity index (χ3v) is 4.69. The summed E-state index contributed by atoms with van der Waals surface area (Å²) in [6.45, 7) is 8.37. The zero-order valence-electron chi connectivity index (χ0n) is 15.1. The second-order valence-electron chi connectivity index (χ2n) is 6.34. The lowest BCUT2D eigenvalue weighted by Gasteiger charge is -2.35. The number of nitrogens with zero attached hydrogens (tertiary/aromatic N) is 5. The maximum Gasteiger partial charge on any atom is 0.257 e. The molecule has 2 aromatic rings. The average Bonchev–Trinajstić information content (AvgIpc) is 3.01. The summed E-state index contributed by atoms with van der Waals surface area (Å²) in [7, 11) is 0. The highest BCUT2D eigenvalue weighted by molar-refractivity contribution is 5.95. The Morgan fingerprint density at radius 1 is 1.28 bits per heavy atom. The van der Waals surface area contributed by atoms with Crippen LogP contribution in [0.4, 0.5) is 0 Å². The van der Waals surface area contributed by atoms with Gasteiger partial charge in [-0.25, -0.2) is 0 Å². The maximum atomic E-state index is 13.0. The van der Waals surface area contributed by atoms with Crippen LogP contribution in [0.15, 0.2) is 18.6 Å². The molecular formula is C18H25N5O2. The van der Waals surface area contributed by atoms with Gasteiger partial charge in [-0.05, 0) is 33.6 Å². The van der Waals surface area contributed by atoms with Gasteiger partial charge in [-0.15, -0.1) is 0 Å². The highest BCUT2D eigenvalue weighted by atomic mass is 16.5. The standard InChI is InChI=1S/C18H25N5O2/c1-4-22-11-16(13(2)21-22)18(24)23-9-10-25-12-15(23)5-6-17-14(3)19-7-8-20-17/h7-8,11,15H,4-6,9-10,12H2,1-3H3/t15-/m1/s1. The second-order valence-corrected chi connectivity index (χ2v) is 6.34. The number of hydrogen-bond donors (Lipinski definition) is 0. The SMILES string of the molecule is CCn1cc(C(=O)N2CCOC[C@H]2CCc2nccnc2C)c(C)n1. The first kappa shape index (κ1) is 17.5. The fraction of sp³-hybridized carbons (Fsp3) is 0.556. The molecule has 0 aliphatic carbocycles. The number of aryl methyl sites for hydroxylation is 4. The first-order valence-corrected chi connectivity index (χ1v) is 8.79. The number of carbonyl (C=O) groups excluding carboxylic acids is 1. The van der Waals surface area contributed by atoms with E-state index in [0.29, 0.717) is 25.3 Å². The molecule has 0 unspecified atom stereocenters. The summed E-state index contributed by atoms with van der Waals surface area (Å²) in [6, 6.07) is 0.0482. The van der Waals surface area contributed by atoms with Crippen LogP contribution in [-0.4, -0.2) is 56.4 Å². The van der Waals surface area contributed by atoms with E-state index in [9.17, 15) is 4.79 Å². The fourth-order valence-corrected chi connectivity index (χ4v) is 3.19. The number of hydrogen-bond acceptors (Lipinski definition) is 5. The Morgan fingerprint density at radius 3 is 2.80 bits per heavy atom. The van der Waals surface area contributed by atoms with Crippen molar-refractivity contribution in [3.63, 3.8) is 0 Å². The summed E-state index contributed by atoms with van der Waals surface area (Å²) >= 11 is 0. The van der Waals surface area contributed by atoms with Gasteiger partial charge >= 0.3 is 0 Å². The third kappa shape index (κ3) is 3.87. The van der Waals surface area contributed by atoms with Crippen molar-refractivity contribution in [2.24, 2.45) is 0 Å². The van der Waals surface area contributed by atoms with Crippen LogP contribution in [0.1, 0.15) is 40.8 Å². The van der Waals surface area contributed by atoms with Crippen LogP contribution in [0.5, 0.6) is 0 Å². The van der Waals surface area contributed by atoms with E-state index >= 15 is 0 Å². The molecule has 0 radical (unpaired) electrons. The van der Waals surface area contributed by atoms with Gasteiger partial charge in [0.05, 0.1) is 41.9 Å². The predicted octanol–water partition coefficient (Wildman–Crippen LogP) is 1.78. The molecule has 0 saturated carbocycles. The molecule has 134 valence electrons. The molecule has 0 N–H and O–H groups in total. The zero-order chi connectivity index (χ0) is 17.8. The molecule has 3 rings (SSSR count). The lowest BCUT2D eigenvalue weighted by atomic mass is 10.0. The fourth-order valence-electron chi connectivity index (χ4n) is 3.19. The molecule has 1 aliphatic heterocycles. The highest BCUT2D eigenvalue weighted by Crippen LogP contribution is 2.19. The molecule has 25 heavy (non-hydrogen) atoms. The Morgan fingerprint density at radius 2 is 2.08 bits per heavy atom. The molecule has 1 saturated heterocycles. The Bertz CT molecular complexity index is 743. The van der Waals surface area contributed by atoms with Crippen LogP contribution in [0.3, 0.4) is 0 Å². The summed E-state index contributed by atoms with van der Waals surface area (Å²) in [5, 5.41) is 4.39. The van der Waals surface area contributed by atoms with Gasteiger partial charge in [0, 0.05) is 31.7 Å². The van der Waals surface area contributed by atoms with Gasteiger partial charge in [0.2, 0.25) is 0 Å². The van der Waals surface area contributed by atoms with Gasteiger partial charge in [0.25, 0.3) is 5.91 Å². The molecule has 2 aromatic heterocycles. The van der Waals surface area contributed by atoms with Crippen molar-refractivity contribution < 1.29 is 9.53 Å². The minimum absolute atomic E-state index is 0.0429. The molecule has 1 amide bonds. The van der Waals surface area contributed by atoms with Crippen molar-refractivity contribution in [2.75, 3.05) is 19.8 Å². The van der Waals surface area contributed by atoms with Crippen molar-refractivity contribution in [1.82, 2.24) is 24.6 Å². The van der Waals surface area contributed by atoms with Crippen LogP contribution in [0.25, 0.3) is 0 Å². The summed E-state index contributed by atoms with van der Waals surface area (Å²) < 4.78 is 7.43. The number of morpholine rings is 1. The van der Waals surface area contributed by atoms with Gasteiger partial charge in [0.15, 0.2) is 0 Å². The molecular weight excluding hydrogens is 318 g/mol. The Labute approximate surface area is 148 Å².